The Morgan fingerprint density at radius 2 is 2.00 bits per heavy atom. The van der Waals surface area contributed by atoms with E-state index in [1.165, 1.54) is 13.0 Å². The van der Waals surface area contributed by atoms with Crippen molar-refractivity contribution in [1.29, 1.82) is 0 Å². The summed E-state index contributed by atoms with van der Waals surface area (Å²) < 4.78 is 53.0. The summed E-state index contributed by atoms with van der Waals surface area (Å²) in [4.78, 5) is 9.66. The Bertz CT molecular complexity index is 481. The van der Waals surface area contributed by atoms with Crippen LogP contribution in [0.5, 0.6) is 5.75 Å². The highest BCUT2D eigenvalue weighted by Crippen LogP contribution is 2.40. The normalized spacial score (nSPS) is 11.7. The van der Waals surface area contributed by atoms with Crippen molar-refractivity contribution in [2.45, 2.75) is 19.5 Å². The molecule has 1 rings (SSSR count). The number of hydrogen-bond acceptors (Lipinski definition) is 3. The Morgan fingerprint density at radius 3 is 2.44 bits per heavy atom. The summed E-state index contributed by atoms with van der Waals surface area (Å²) in [5, 5.41) is 10.7. The molecule has 0 atom stereocenters. The molecule has 0 spiro atoms. The maximum Gasteiger partial charge on any atom is 0.461 e. The first kappa shape index (κ1) is 14.7. The van der Waals surface area contributed by atoms with Gasteiger partial charge in [0, 0.05) is 6.07 Å². The summed E-state index contributed by atoms with van der Waals surface area (Å²) >= 11 is 2.76. The van der Waals surface area contributed by atoms with Crippen LogP contribution < -0.4 is 4.74 Å². The molecule has 9 heteroatoms. The Morgan fingerprint density at radius 1 is 1.44 bits per heavy atom. The minimum atomic E-state index is -4.80. The molecule has 100 valence electrons. The molecule has 4 nitrogen and oxygen atoms in total. The second kappa shape index (κ2) is 5.09. The topological polar surface area (TPSA) is 52.4 Å². The molecular formula is C9H6BrF4NO3. The van der Waals surface area contributed by atoms with Crippen LogP contribution in [-0.2, 0) is 0 Å². The average molecular weight is 332 g/mol. The lowest BCUT2D eigenvalue weighted by molar-refractivity contribution is -0.388. The van der Waals surface area contributed by atoms with Gasteiger partial charge in [0.1, 0.15) is 0 Å². The first-order valence-electron chi connectivity index (χ1n) is 4.44. The average Bonchev–Trinajstić information content (AvgIpc) is 2.21. The monoisotopic (exact) mass is 331 g/mol. The first-order valence-corrected chi connectivity index (χ1v) is 5.24. The van der Waals surface area contributed by atoms with Gasteiger partial charge >= 0.3 is 18.2 Å². The summed E-state index contributed by atoms with van der Waals surface area (Å²) in [5.74, 6) is -0.934. The third kappa shape index (κ3) is 3.09. The van der Waals surface area contributed by atoms with Gasteiger partial charge in [-0.05, 0) is 34.5 Å². The molecular weight excluding hydrogens is 326 g/mol. The second-order valence-electron chi connectivity index (χ2n) is 3.32. The van der Waals surface area contributed by atoms with Crippen LogP contribution in [0.3, 0.4) is 0 Å². The van der Waals surface area contributed by atoms with Gasteiger partial charge in [-0.1, -0.05) is 0 Å². The van der Waals surface area contributed by atoms with Crippen LogP contribution in [-0.4, -0.2) is 17.5 Å². The highest BCUT2D eigenvalue weighted by molar-refractivity contribution is 9.10. The smallest absolute Gasteiger partial charge is 0.420 e. The van der Waals surface area contributed by atoms with E-state index >= 15 is 0 Å². The number of alkyl halides is 4. The molecule has 1 aromatic carbocycles. The van der Waals surface area contributed by atoms with Crippen molar-refractivity contribution in [3.8, 4) is 5.75 Å². The van der Waals surface area contributed by atoms with Crippen LogP contribution in [0.4, 0.5) is 23.2 Å². The fourth-order valence-corrected chi connectivity index (χ4v) is 1.77. The van der Waals surface area contributed by atoms with Crippen molar-refractivity contribution in [2.24, 2.45) is 0 Å². The molecule has 0 fully saturated rings. The zero-order valence-electron chi connectivity index (χ0n) is 8.79. The fraction of sp³-hybridized carbons (Fsp3) is 0.333. The molecule has 0 unspecified atom stereocenters. The van der Waals surface area contributed by atoms with Gasteiger partial charge in [-0.25, -0.2) is 0 Å². The van der Waals surface area contributed by atoms with E-state index < -0.39 is 28.9 Å². The van der Waals surface area contributed by atoms with E-state index in [0.29, 0.717) is 5.56 Å². The van der Waals surface area contributed by atoms with Gasteiger partial charge in [-0.2, -0.15) is 17.6 Å². The van der Waals surface area contributed by atoms with E-state index in [4.69, 9.17) is 0 Å². The number of benzene rings is 1. The molecule has 0 saturated heterocycles. The Balaban J connectivity index is 3.28. The molecule has 1 aromatic rings. The number of halogens is 5. The molecule has 0 aliphatic rings. The SMILES string of the molecule is Cc1cc(Br)c(OC(F)(F)C(F)F)c([N+](=O)[O-])c1. The summed E-state index contributed by atoms with van der Waals surface area (Å²) in [7, 11) is 0. The summed E-state index contributed by atoms with van der Waals surface area (Å²) in [6.07, 6.45) is -8.90. The first-order chi connectivity index (χ1) is 8.15. The van der Waals surface area contributed by atoms with Crippen LogP contribution in [0.25, 0.3) is 0 Å². The van der Waals surface area contributed by atoms with Gasteiger partial charge in [0.25, 0.3) is 0 Å². The minimum Gasteiger partial charge on any atom is -0.420 e. The van der Waals surface area contributed by atoms with Crippen molar-refractivity contribution in [3.63, 3.8) is 0 Å². The van der Waals surface area contributed by atoms with Crippen molar-refractivity contribution < 1.29 is 27.2 Å². The van der Waals surface area contributed by atoms with Gasteiger partial charge in [-0.15, -0.1) is 0 Å². The molecule has 0 amide bonds. The lowest BCUT2D eigenvalue weighted by Gasteiger charge is -2.17. The quantitative estimate of drug-likeness (QED) is 0.477. The summed E-state index contributed by atoms with van der Waals surface area (Å²) in [6, 6.07) is 2.19. The van der Waals surface area contributed by atoms with E-state index in [-0.39, 0.29) is 4.47 Å². The van der Waals surface area contributed by atoms with Gasteiger partial charge in [0.2, 0.25) is 5.75 Å². The van der Waals surface area contributed by atoms with E-state index in [0.717, 1.165) is 6.07 Å². The Kier molecular flexibility index (Phi) is 4.15. The molecule has 0 bridgehead atoms. The van der Waals surface area contributed by atoms with E-state index in [1.54, 1.807) is 0 Å². The van der Waals surface area contributed by atoms with E-state index in [9.17, 15) is 27.7 Å². The molecule has 0 heterocycles. The lowest BCUT2D eigenvalue weighted by Crippen LogP contribution is -2.33. The van der Waals surface area contributed by atoms with Gasteiger partial charge in [0.05, 0.1) is 9.40 Å². The number of nitrogens with zero attached hydrogens (tertiary/aromatic N) is 1. The fourth-order valence-electron chi connectivity index (χ4n) is 1.13. The van der Waals surface area contributed by atoms with Crippen LogP contribution in [0.1, 0.15) is 5.56 Å². The maximum absolute atomic E-state index is 12.7. The third-order valence-electron chi connectivity index (χ3n) is 1.86. The highest BCUT2D eigenvalue weighted by Gasteiger charge is 2.45. The number of hydrogen-bond donors (Lipinski definition) is 0. The number of aryl methyl sites for hydroxylation is 1. The predicted molar refractivity (Wildman–Crippen MR) is 57.1 cm³/mol. The van der Waals surface area contributed by atoms with E-state index in [2.05, 4.69) is 20.7 Å². The van der Waals surface area contributed by atoms with Crippen LogP contribution >= 0.6 is 15.9 Å². The number of nitro benzene ring substituents is 1. The minimum absolute atomic E-state index is 0.200. The van der Waals surface area contributed by atoms with Crippen LogP contribution in [0.2, 0.25) is 0 Å². The molecule has 0 radical (unpaired) electrons. The molecule has 0 N–H and O–H groups in total. The summed E-state index contributed by atoms with van der Waals surface area (Å²) in [6.45, 7) is 1.48. The van der Waals surface area contributed by atoms with Crippen LogP contribution in [0.15, 0.2) is 16.6 Å². The molecule has 0 aliphatic carbocycles. The standard InChI is InChI=1S/C9H6BrF4NO3/c1-4-2-5(10)7(6(3-4)15(16)17)18-9(13,14)8(11)12/h2-3,8H,1H3. The van der Waals surface area contributed by atoms with Gasteiger partial charge < -0.3 is 4.74 Å². The largest absolute Gasteiger partial charge is 0.461 e. The van der Waals surface area contributed by atoms with Gasteiger partial charge in [-0.3, -0.25) is 10.1 Å². The van der Waals surface area contributed by atoms with Crippen molar-refractivity contribution in [3.05, 3.63) is 32.3 Å². The number of rotatable bonds is 4. The molecule has 18 heavy (non-hydrogen) atoms. The maximum atomic E-state index is 12.7. The Hall–Kier alpha value is -1.38. The number of nitro groups is 1. The van der Waals surface area contributed by atoms with Crippen molar-refractivity contribution >= 4 is 21.6 Å². The number of ether oxygens (including phenoxy) is 1. The second-order valence-corrected chi connectivity index (χ2v) is 4.17. The highest BCUT2D eigenvalue weighted by atomic mass is 79.9. The third-order valence-corrected chi connectivity index (χ3v) is 2.45. The zero-order valence-corrected chi connectivity index (χ0v) is 10.4. The molecule has 0 saturated carbocycles. The lowest BCUT2D eigenvalue weighted by atomic mass is 10.2. The zero-order chi connectivity index (χ0) is 14.1. The Labute approximate surface area is 107 Å². The van der Waals surface area contributed by atoms with Gasteiger partial charge in [0.15, 0.2) is 0 Å². The summed E-state index contributed by atoms with van der Waals surface area (Å²) in [5.41, 5.74) is -0.427. The van der Waals surface area contributed by atoms with Crippen molar-refractivity contribution in [1.82, 2.24) is 0 Å². The predicted octanol–water partition coefficient (Wildman–Crippen LogP) is 3.90. The van der Waals surface area contributed by atoms with Crippen molar-refractivity contribution in [2.75, 3.05) is 0 Å². The molecule has 0 aromatic heterocycles. The van der Waals surface area contributed by atoms with E-state index in [1.807, 2.05) is 0 Å². The molecule has 0 aliphatic heterocycles. The van der Waals surface area contributed by atoms with Crippen LogP contribution in [0, 0.1) is 17.0 Å².